The zero-order valence-electron chi connectivity index (χ0n) is 64.3. The lowest BCUT2D eigenvalue weighted by Gasteiger charge is -2.21. The highest BCUT2D eigenvalue weighted by molar-refractivity contribution is 7.47. The van der Waals surface area contributed by atoms with Gasteiger partial charge >= 0.3 is 39.5 Å². The van der Waals surface area contributed by atoms with Gasteiger partial charge in [-0.15, -0.1) is 0 Å². The van der Waals surface area contributed by atoms with Crippen LogP contribution in [0.2, 0.25) is 0 Å². The van der Waals surface area contributed by atoms with Gasteiger partial charge in [-0.2, -0.15) is 0 Å². The maximum Gasteiger partial charge on any atom is 0.472 e. The van der Waals surface area contributed by atoms with Gasteiger partial charge in [-0.05, 0) is 63.2 Å². The molecule has 19 heteroatoms. The van der Waals surface area contributed by atoms with Crippen molar-refractivity contribution in [2.45, 2.75) is 413 Å². The van der Waals surface area contributed by atoms with Crippen LogP contribution in [-0.4, -0.2) is 96.7 Å². The first-order valence-electron chi connectivity index (χ1n) is 40.8. The van der Waals surface area contributed by atoms with Gasteiger partial charge in [0, 0.05) is 25.7 Å². The molecule has 3 unspecified atom stereocenters. The lowest BCUT2D eigenvalue weighted by Crippen LogP contribution is -2.30. The minimum absolute atomic E-state index is 0.0849. The largest absolute Gasteiger partial charge is 0.472 e. The van der Waals surface area contributed by atoms with E-state index in [1.54, 1.807) is 0 Å². The molecule has 0 aliphatic carbocycles. The fourth-order valence-corrected chi connectivity index (χ4v) is 13.4. The second kappa shape index (κ2) is 71.2. The number of aliphatic hydroxyl groups excluding tert-OH is 1. The van der Waals surface area contributed by atoms with Crippen LogP contribution in [0.1, 0.15) is 395 Å². The molecule has 3 N–H and O–H groups in total. The predicted molar refractivity (Wildman–Crippen MR) is 404 cm³/mol. The molecule has 0 spiro atoms. The molecule has 0 rings (SSSR count). The minimum atomic E-state index is -4.96. The third-order valence-corrected chi connectivity index (χ3v) is 20.3. The molecule has 0 aliphatic heterocycles. The summed E-state index contributed by atoms with van der Waals surface area (Å²) in [5, 5.41) is 10.6. The number of esters is 4. The molecule has 0 radical (unpaired) electrons. The van der Waals surface area contributed by atoms with Gasteiger partial charge in [-0.3, -0.25) is 37.3 Å². The molecular weight excluding hydrogens is 1290 g/mol. The van der Waals surface area contributed by atoms with Gasteiger partial charge in [0.05, 0.1) is 26.4 Å². The van der Waals surface area contributed by atoms with Crippen molar-refractivity contribution >= 4 is 39.5 Å². The highest BCUT2D eigenvalue weighted by Gasteiger charge is 2.30. The van der Waals surface area contributed by atoms with Gasteiger partial charge < -0.3 is 33.8 Å². The lowest BCUT2D eigenvalue weighted by molar-refractivity contribution is -0.161. The quantitative estimate of drug-likeness (QED) is 0.0169. The van der Waals surface area contributed by atoms with Crippen LogP contribution >= 0.6 is 15.6 Å². The van der Waals surface area contributed by atoms with Gasteiger partial charge in [0.25, 0.3) is 0 Å². The van der Waals surface area contributed by atoms with Crippen LogP contribution in [-0.2, 0) is 65.4 Å². The summed E-state index contributed by atoms with van der Waals surface area (Å²) in [7, 11) is -9.93. The van der Waals surface area contributed by atoms with Gasteiger partial charge in [0.15, 0.2) is 12.2 Å². The summed E-state index contributed by atoms with van der Waals surface area (Å²) in [4.78, 5) is 72.9. The Kier molecular flexibility index (Phi) is 69.4. The summed E-state index contributed by atoms with van der Waals surface area (Å²) in [5.74, 6) is -0.493. The molecule has 584 valence electrons. The van der Waals surface area contributed by atoms with Crippen LogP contribution in [0, 0.1) is 11.8 Å². The summed E-state index contributed by atoms with van der Waals surface area (Å²) in [6.45, 7) is 9.61. The zero-order valence-corrected chi connectivity index (χ0v) is 66.1. The van der Waals surface area contributed by atoms with Gasteiger partial charge in [0.1, 0.15) is 19.3 Å². The van der Waals surface area contributed by atoms with E-state index in [9.17, 15) is 43.2 Å². The molecule has 0 fully saturated rings. The molecule has 0 amide bonds. The second-order valence-electron chi connectivity index (χ2n) is 28.8. The predicted octanol–water partition coefficient (Wildman–Crippen LogP) is 23.4. The maximum atomic E-state index is 13.1. The molecule has 0 saturated carbocycles. The number of carbonyl (C=O) groups is 4. The van der Waals surface area contributed by atoms with Crippen LogP contribution in [0.15, 0.2) is 24.3 Å². The number of hydrogen-bond acceptors (Lipinski definition) is 15. The first-order valence-corrected chi connectivity index (χ1v) is 43.8. The monoisotopic (exact) mass is 1450 g/mol. The van der Waals surface area contributed by atoms with Gasteiger partial charge in [0.2, 0.25) is 0 Å². The number of phosphoric acid groups is 2. The Morgan fingerprint density at radius 3 is 0.909 bits per heavy atom. The standard InChI is InChI=1S/C80H152O17P2/c1-7-10-12-14-16-18-19-20-22-30-35-40-46-52-58-64-79(84)96-75(68-90-77(82)62-56-50-44-17-15-13-11-8-2)70-94-98(86,87)92-66-74(81)67-93-99(88,89)95-71-76(97-80(85)65-59-53-47-41-36-31-24-21-23-27-32-37-42-48-54-60-72(4)5)69-91-78(83)63-57-51-45-39-34-29-26-25-28-33-38-43-49-55-61-73(6)9-3/h18-20,22,72-76,81H,7-17,21,23-71H2,1-6H3,(H,86,87)(H,88,89)/b19-18-,22-20-/t73?,74-,75+,76+/m0/s1. The Balaban J connectivity index is 5.24. The maximum absolute atomic E-state index is 13.1. The molecule has 0 aromatic rings. The van der Waals surface area contributed by atoms with Crippen molar-refractivity contribution < 1.29 is 80.2 Å². The molecule has 99 heavy (non-hydrogen) atoms. The van der Waals surface area contributed by atoms with Crippen LogP contribution in [0.4, 0.5) is 0 Å². The fraction of sp³-hybridized carbons (Fsp3) is 0.900. The molecule has 6 atom stereocenters. The van der Waals surface area contributed by atoms with Crippen molar-refractivity contribution in [2.75, 3.05) is 39.6 Å². The third-order valence-electron chi connectivity index (χ3n) is 18.4. The van der Waals surface area contributed by atoms with Crippen LogP contribution in [0.5, 0.6) is 0 Å². The normalized spacial score (nSPS) is 14.4. The molecule has 0 saturated heterocycles. The van der Waals surface area contributed by atoms with Gasteiger partial charge in [-0.25, -0.2) is 9.13 Å². The summed E-state index contributed by atoms with van der Waals surface area (Å²) >= 11 is 0. The van der Waals surface area contributed by atoms with Crippen LogP contribution in [0.3, 0.4) is 0 Å². The smallest absolute Gasteiger partial charge is 0.462 e. The Morgan fingerprint density at radius 1 is 0.333 bits per heavy atom. The molecular formula is C80H152O17P2. The Bertz CT molecular complexity index is 2000. The Morgan fingerprint density at radius 2 is 0.596 bits per heavy atom. The van der Waals surface area contributed by atoms with E-state index in [2.05, 4.69) is 65.8 Å². The SMILES string of the molecule is CCCCCC/C=C\C=C/CCCCCCCC(=O)O[C@H](COC(=O)CCCCCCCCCC)COP(=O)(O)OC[C@H](O)COP(=O)(O)OC[C@@H](COC(=O)CCCCCCCCCCCCCCCCC(C)CC)OC(=O)CCCCCCCCCCCCCCCCCC(C)C. The number of phosphoric ester groups is 2. The van der Waals surface area contributed by atoms with E-state index in [-0.39, 0.29) is 25.7 Å². The number of rotatable bonds is 77. The van der Waals surface area contributed by atoms with Crippen molar-refractivity contribution in [1.82, 2.24) is 0 Å². The van der Waals surface area contributed by atoms with Crippen molar-refractivity contribution in [3.8, 4) is 0 Å². The highest BCUT2D eigenvalue weighted by Crippen LogP contribution is 2.45. The number of aliphatic hydroxyl groups is 1. The molecule has 17 nitrogen and oxygen atoms in total. The summed E-state index contributed by atoms with van der Waals surface area (Å²) in [5.41, 5.74) is 0. The van der Waals surface area contributed by atoms with E-state index in [0.29, 0.717) is 25.7 Å². The lowest BCUT2D eigenvalue weighted by atomic mass is 9.99. The van der Waals surface area contributed by atoms with E-state index >= 15 is 0 Å². The number of allylic oxidation sites excluding steroid dienone is 4. The molecule has 0 aromatic carbocycles. The number of ether oxygens (including phenoxy) is 4. The van der Waals surface area contributed by atoms with Gasteiger partial charge in [-0.1, -0.05) is 342 Å². The van der Waals surface area contributed by atoms with E-state index in [1.165, 1.54) is 193 Å². The highest BCUT2D eigenvalue weighted by atomic mass is 31.2. The number of unbranched alkanes of at least 4 members (excludes halogenated alkanes) is 43. The second-order valence-corrected chi connectivity index (χ2v) is 31.7. The first kappa shape index (κ1) is 96.5. The molecule has 0 bridgehead atoms. The minimum Gasteiger partial charge on any atom is -0.462 e. The van der Waals surface area contributed by atoms with Crippen LogP contribution in [0.25, 0.3) is 0 Å². The van der Waals surface area contributed by atoms with E-state index in [4.69, 9.17) is 37.0 Å². The van der Waals surface area contributed by atoms with E-state index < -0.39 is 97.5 Å². The molecule has 0 aromatic heterocycles. The Labute approximate surface area is 605 Å². The summed E-state index contributed by atoms with van der Waals surface area (Å²) in [6.07, 6.45) is 63.2. The summed E-state index contributed by atoms with van der Waals surface area (Å²) < 4.78 is 68.6. The molecule has 0 aliphatic rings. The van der Waals surface area contributed by atoms with E-state index in [1.807, 2.05) is 0 Å². The first-order chi connectivity index (χ1) is 47.9. The zero-order chi connectivity index (χ0) is 72.8. The third kappa shape index (κ3) is 72.3. The van der Waals surface area contributed by atoms with E-state index in [0.717, 1.165) is 121 Å². The molecule has 0 heterocycles. The van der Waals surface area contributed by atoms with Crippen LogP contribution < -0.4 is 0 Å². The van der Waals surface area contributed by atoms with Crippen molar-refractivity contribution in [2.24, 2.45) is 11.8 Å². The fourth-order valence-electron chi connectivity index (χ4n) is 11.8. The average Bonchev–Trinajstić information content (AvgIpc) is 1.80. The number of carbonyl (C=O) groups excluding carboxylic acids is 4. The Hall–Kier alpha value is -2.46. The summed E-state index contributed by atoms with van der Waals surface area (Å²) in [6, 6.07) is 0. The number of hydrogen-bond donors (Lipinski definition) is 3. The van der Waals surface area contributed by atoms with Crippen molar-refractivity contribution in [1.29, 1.82) is 0 Å². The van der Waals surface area contributed by atoms with Crippen molar-refractivity contribution in [3.63, 3.8) is 0 Å². The average molecular weight is 1450 g/mol. The topological polar surface area (TPSA) is 237 Å². The van der Waals surface area contributed by atoms with Crippen molar-refractivity contribution in [3.05, 3.63) is 24.3 Å².